The van der Waals surface area contributed by atoms with Crippen molar-refractivity contribution in [2.75, 3.05) is 13.7 Å². The van der Waals surface area contributed by atoms with E-state index in [1.807, 2.05) is 6.07 Å². The van der Waals surface area contributed by atoms with Crippen LogP contribution in [-0.2, 0) is 4.79 Å². The number of rotatable bonds is 8. The van der Waals surface area contributed by atoms with Gasteiger partial charge in [0.25, 0.3) is 5.91 Å². The quantitative estimate of drug-likeness (QED) is 0.566. The number of halogens is 2. The summed E-state index contributed by atoms with van der Waals surface area (Å²) in [5, 5.41) is 12.7. The van der Waals surface area contributed by atoms with E-state index in [1.54, 1.807) is 24.3 Å². The molecule has 27 heavy (non-hydrogen) atoms. The van der Waals surface area contributed by atoms with Crippen LogP contribution in [0.15, 0.2) is 47.6 Å². The number of para-hydroxylation sites is 1. The van der Waals surface area contributed by atoms with Crippen molar-refractivity contribution in [2.45, 2.75) is 6.61 Å². The zero-order valence-corrected chi connectivity index (χ0v) is 14.2. The van der Waals surface area contributed by atoms with Gasteiger partial charge in [-0.3, -0.25) is 4.79 Å². The monoisotopic (exact) mass is 375 g/mol. The van der Waals surface area contributed by atoms with E-state index in [1.165, 1.54) is 31.5 Å². The zero-order valence-electron chi connectivity index (χ0n) is 14.2. The van der Waals surface area contributed by atoms with Crippen LogP contribution in [-0.4, -0.2) is 32.4 Å². The van der Waals surface area contributed by atoms with Crippen molar-refractivity contribution >= 4 is 12.1 Å². The second kappa shape index (κ2) is 9.72. The number of benzene rings is 2. The molecule has 0 heterocycles. The van der Waals surface area contributed by atoms with Gasteiger partial charge in [-0.1, -0.05) is 12.1 Å². The third-order valence-corrected chi connectivity index (χ3v) is 3.17. The van der Waals surface area contributed by atoms with E-state index < -0.39 is 12.5 Å². The summed E-state index contributed by atoms with van der Waals surface area (Å²) in [6.07, 6.45) is 1.30. The van der Waals surface area contributed by atoms with Gasteiger partial charge in [-0.2, -0.15) is 19.1 Å². The number of nitrogens with one attached hydrogen (secondary N) is 1. The minimum Gasteiger partial charge on any atom is -0.493 e. The number of hydrogen-bond donors (Lipinski definition) is 1. The Kier molecular flexibility index (Phi) is 7.07. The molecule has 0 atom stereocenters. The van der Waals surface area contributed by atoms with E-state index in [-0.39, 0.29) is 18.1 Å². The highest BCUT2D eigenvalue weighted by atomic mass is 19.3. The highest BCUT2D eigenvalue weighted by molar-refractivity contribution is 5.83. The number of hydrogen-bond acceptors (Lipinski definition) is 6. The van der Waals surface area contributed by atoms with Crippen LogP contribution in [0.25, 0.3) is 0 Å². The third kappa shape index (κ3) is 5.97. The molecule has 0 unspecified atom stereocenters. The Morgan fingerprint density at radius 2 is 2.04 bits per heavy atom. The van der Waals surface area contributed by atoms with E-state index in [0.29, 0.717) is 16.9 Å². The van der Waals surface area contributed by atoms with Gasteiger partial charge < -0.3 is 14.2 Å². The summed E-state index contributed by atoms with van der Waals surface area (Å²) in [7, 11) is 1.31. The van der Waals surface area contributed by atoms with E-state index in [0.717, 1.165) is 0 Å². The summed E-state index contributed by atoms with van der Waals surface area (Å²) < 4.78 is 39.1. The van der Waals surface area contributed by atoms with E-state index in [4.69, 9.17) is 14.7 Å². The topological polar surface area (TPSA) is 92.9 Å². The summed E-state index contributed by atoms with van der Waals surface area (Å²) in [5.74, 6) is -0.262. The Balaban J connectivity index is 1.91. The molecule has 0 aliphatic carbocycles. The number of nitriles is 1. The summed E-state index contributed by atoms with van der Waals surface area (Å²) in [6, 6.07) is 12.7. The summed E-state index contributed by atoms with van der Waals surface area (Å²) in [6.45, 7) is -3.30. The summed E-state index contributed by atoms with van der Waals surface area (Å²) in [5.41, 5.74) is 3.06. The lowest BCUT2D eigenvalue weighted by molar-refractivity contribution is -0.123. The Labute approximate surface area is 153 Å². The minimum absolute atomic E-state index is 0.0991. The molecule has 1 amide bonds. The van der Waals surface area contributed by atoms with Gasteiger partial charge in [0, 0.05) is 0 Å². The SMILES string of the molecule is COc1cc(/C=N/NC(=O)COc2ccccc2C#N)ccc1OC(F)F. The molecule has 1 N–H and O–H groups in total. The number of carbonyl (C=O) groups excluding carboxylic acids is 1. The summed E-state index contributed by atoms with van der Waals surface area (Å²) in [4.78, 5) is 11.7. The molecule has 0 fully saturated rings. The van der Waals surface area contributed by atoms with Crippen molar-refractivity contribution in [3.63, 3.8) is 0 Å². The molecule has 9 heteroatoms. The van der Waals surface area contributed by atoms with Crippen molar-refractivity contribution in [3.8, 4) is 23.3 Å². The van der Waals surface area contributed by atoms with Crippen LogP contribution in [0.2, 0.25) is 0 Å². The van der Waals surface area contributed by atoms with Gasteiger partial charge in [-0.05, 0) is 35.9 Å². The molecule has 2 aromatic carbocycles. The molecular formula is C18H15F2N3O4. The molecule has 2 aromatic rings. The predicted molar refractivity (Wildman–Crippen MR) is 92.0 cm³/mol. The molecule has 140 valence electrons. The van der Waals surface area contributed by atoms with Crippen molar-refractivity contribution in [2.24, 2.45) is 5.10 Å². The number of methoxy groups -OCH3 is 1. The molecule has 0 aliphatic heterocycles. The molecule has 0 bridgehead atoms. The summed E-state index contributed by atoms with van der Waals surface area (Å²) >= 11 is 0. The fourth-order valence-electron chi connectivity index (χ4n) is 2.00. The third-order valence-electron chi connectivity index (χ3n) is 3.17. The van der Waals surface area contributed by atoms with Crippen molar-refractivity contribution < 1.29 is 27.8 Å². The van der Waals surface area contributed by atoms with Crippen LogP contribution in [0.5, 0.6) is 17.2 Å². The number of carbonyl (C=O) groups is 1. The van der Waals surface area contributed by atoms with Gasteiger partial charge in [0.1, 0.15) is 11.8 Å². The Hall–Kier alpha value is -3.67. The normalized spacial score (nSPS) is 10.5. The van der Waals surface area contributed by atoms with E-state index in [9.17, 15) is 13.6 Å². The zero-order chi connectivity index (χ0) is 19.6. The fraction of sp³-hybridized carbons (Fsp3) is 0.167. The van der Waals surface area contributed by atoms with Crippen molar-refractivity contribution in [3.05, 3.63) is 53.6 Å². The van der Waals surface area contributed by atoms with Crippen LogP contribution in [0.4, 0.5) is 8.78 Å². The molecule has 7 nitrogen and oxygen atoms in total. The van der Waals surface area contributed by atoms with E-state index >= 15 is 0 Å². The van der Waals surface area contributed by atoms with Gasteiger partial charge >= 0.3 is 6.61 Å². The standard InChI is InChI=1S/C18H15F2N3O4/c1-25-16-8-12(6-7-15(16)27-18(19)20)10-22-23-17(24)11-26-14-5-3-2-4-13(14)9-21/h2-8,10,18H,11H2,1H3,(H,23,24)/b22-10+. The first-order valence-electron chi connectivity index (χ1n) is 7.60. The van der Waals surface area contributed by atoms with Crippen LogP contribution in [0.1, 0.15) is 11.1 Å². The first kappa shape index (κ1) is 19.7. The lowest BCUT2D eigenvalue weighted by Gasteiger charge is -2.10. The Bertz CT molecular complexity index is 866. The van der Waals surface area contributed by atoms with E-state index in [2.05, 4.69) is 15.3 Å². The second-order valence-electron chi connectivity index (χ2n) is 4.98. The predicted octanol–water partition coefficient (Wildman–Crippen LogP) is 2.70. The van der Waals surface area contributed by atoms with Crippen molar-refractivity contribution in [1.82, 2.24) is 5.43 Å². The average Bonchev–Trinajstić information content (AvgIpc) is 2.67. The Morgan fingerprint density at radius 1 is 1.26 bits per heavy atom. The van der Waals surface area contributed by atoms with Crippen LogP contribution in [0, 0.1) is 11.3 Å². The van der Waals surface area contributed by atoms with Crippen LogP contribution in [0.3, 0.4) is 0 Å². The first-order valence-corrected chi connectivity index (χ1v) is 7.60. The smallest absolute Gasteiger partial charge is 0.387 e. The largest absolute Gasteiger partial charge is 0.493 e. The molecule has 2 rings (SSSR count). The number of amides is 1. The second-order valence-corrected chi connectivity index (χ2v) is 4.98. The molecule has 0 saturated heterocycles. The van der Waals surface area contributed by atoms with Crippen LogP contribution >= 0.6 is 0 Å². The maximum absolute atomic E-state index is 12.3. The molecule has 0 radical (unpaired) electrons. The number of nitrogens with zero attached hydrogens (tertiary/aromatic N) is 2. The minimum atomic E-state index is -2.97. The lowest BCUT2D eigenvalue weighted by Crippen LogP contribution is -2.24. The number of ether oxygens (including phenoxy) is 3. The fourth-order valence-corrected chi connectivity index (χ4v) is 2.00. The molecule has 0 spiro atoms. The first-order chi connectivity index (χ1) is 13.0. The highest BCUT2D eigenvalue weighted by Crippen LogP contribution is 2.28. The molecule has 0 aromatic heterocycles. The van der Waals surface area contributed by atoms with Gasteiger partial charge in [0.2, 0.25) is 0 Å². The molecule has 0 aliphatic rings. The van der Waals surface area contributed by atoms with Crippen LogP contribution < -0.4 is 19.6 Å². The maximum Gasteiger partial charge on any atom is 0.387 e. The number of hydrazone groups is 1. The van der Waals surface area contributed by atoms with Gasteiger partial charge in [-0.15, -0.1) is 0 Å². The highest BCUT2D eigenvalue weighted by Gasteiger charge is 2.10. The average molecular weight is 375 g/mol. The molecule has 0 saturated carbocycles. The maximum atomic E-state index is 12.3. The lowest BCUT2D eigenvalue weighted by atomic mass is 10.2. The van der Waals surface area contributed by atoms with Gasteiger partial charge in [0.05, 0.1) is 18.9 Å². The van der Waals surface area contributed by atoms with Gasteiger partial charge in [0.15, 0.2) is 18.1 Å². The Morgan fingerprint density at radius 3 is 2.74 bits per heavy atom. The van der Waals surface area contributed by atoms with Crippen molar-refractivity contribution in [1.29, 1.82) is 5.26 Å². The number of alkyl halides is 2. The molecular weight excluding hydrogens is 360 g/mol. The van der Waals surface area contributed by atoms with Gasteiger partial charge in [-0.25, -0.2) is 5.43 Å².